The zero-order valence-corrected chi connectivity index (χ0v) is 6.92. The predicted molar refractivity (Wildman–Crippen MR) is 51.5 cm³/mol. The summed E-state index contributed by atoms with van der Waals surface area (Å²) in [4.78, 5) is 8.11. The molecule has 0 amide bonds. The third-order valence-electron chi connectivity index (χ3n) is 1.66. The van der Waals surface area contributed by atoms with Crippen LogP contribution in [0.4, 0.5) is 0 Å². The summed E-state index contributed by atoms with van der Waals surface area (Å²) in [5, 5.41) is 10.5. The molecule has 0 unspecified atom stereocenters. The zero-order chi connectivity index (χ0) is 9.52. The molecule has 13 heavy (non-hydrogen) atoms. The van der Waals surface area contributed by atoms with Gasteiger partial charge in [-0.3, -0.25) is 0 Å². The van der Waals surface area contributed by atoms with Crippen molar-refractivity contribution in [1.82, 2.24) is 0 Å². The maximum Gasteiger partial charge on any atom is 0.152 e. The van der Waals surface area contributed by atoms with Crippen molar-refractivity contribution in [2.45, 2.75) is 0 Å². The summed E-state index contributed by atoms with van der Waals surface area (Å²) < 4.78 is 0. The molecule has 0 aromatic heterocycles. The number of hydrogen-bond donors (Lipinski definition) is 1. The highest BCUT2D eigenvalue weighted by atomic mass is 16.6. The van der Waals surface area contributed by atoms with Gasteiger partial charge in [-0.15, -0.1) is 4.91 Å². The standard InChI is InChI=1S/C10H8.HNO2/c1-2-6-10-8-4-3-7-9(10)5-1;2-1-3/h1-8H;(H,2,3). The highest BCUT2D eigenvalue weighted by Crippen LogP contribution is 2.11. The van der Waals surface area contributed by atoms with Crippen molar-refractivity contribution in [3.8, 4) is 0 Å². The summed E-state index contributed by atoms with van der Waals surface area (Å²) in [6, 6.07) is 16.7. The van der Waals surface area contributed by atoms with Crippen molar-refractivity contribution in [2.24, 2.45) is 5.34 Å². The van der Waals surface area contributed by atoms with Gasteiger partial charge in [0.2, 0.25) is 0 Å². The van der Waals surface area contributed by atoms with Crippen LogP contribution < -0.4 is 0 Å². The van der Waals surface area contributed by atoms with Crippen molar-refractivity contribution < 1.29 is 5.21 Å². The van der Waals surface area contributed by atoms with E-state index in [9.17, 15) is 0 Å². The predicted octanol–water partition coefficient (Wildman–Crippen LogP) is 2.98. The van der Waals surface area contributed by atoms with E-state index in [-0.39, 0.29) is 0 Å². The van der Waals surface area contributed by atoms with Gasteiger partial charge in [-0.05, 0) is 10.8 Å². The van der Waals surface area contributed by atoms with Crippen LogP contribution in [0.15, 0.2) is 53.9 Å². The lowest BCUT2D eigenvalue weighted by atomic mass is 10.1. The van der Waals surface area contributed by atoms with Gasteiger partial charge in [0.05, 0.1) is 0 Å². The molecule has 0 fully saturated rings. The van der Waals surface area contributed by atoms with Crippen molar-refractivity contribution in [1.29, 1.82) is 0 Å². The van der Waals surface area contributed by atoms with E-state index in [4.69, 9.17) is 10.1 Å². The van der Waals surface area contributed by atoms with E-state index in [1.165, 1.54) is 16.1 Å². The van der Waals surface area contributed by atoms with Crippen LogP contribution in [0.3, 0.4) is 0 Å². The van der Waals surface area contributed by atoms with E-state index in [1.807, 2.05) is 0 Å². The number of benzene rings is 2. The Morgan fingerprint density at radius 1 is 0.846 bits per heavy atom. The third kappa shape index (κ3) is 2.56. The smallest absolute Gasteiger partial charge is 0.152 e. The molecule has 66 valence electrons. The molecule has 3 heteroatoms. The van der Waals surface area contributed by atoms with Crippen LogP contribution in [0.5, 0.6) is 0 Å². The van der Waals surface area contributed by atoms with Crippen molar-refractivity contribution in [3.05, 3.63) is 53.4 Å². The zero-order valence-electron chi connectivity index (χ0n) is 6.92. The van der Waals surface area contributed by atoms with Gasteiger partial charge in [-0.25, -0.2) is 0 Å². The Morgan fingerprint density at radius 3 is 1.31 bits per heavy atom. The summed E-state index contributed by atoms with van der Waals surface area (Å²) >= 11 is 0. The molecule has 0 atom stereocenters. The number of hydrogen-bond acceptors (Lipinski definition) is 2. The molecule has 2 aromatic carbocycles. The van der Waals surface area contributed by atoms with E-state index in [2.05, 4.69) is 48.5 Å². The topological polar surface area (TPSA) is 49.7 Å². The minimum atomic E-state index is 1.25. The van der Waals surface area contributed by atoms with Crippen LogP contribution in [-0.4, -0.2) is 5.21 Å². The molecule has 3 nitrogen and oxygen atoms in total. The third-order valence-corrected chi connectivity index (χ3v) is 1.66. The molecule has 2 rings (SSSR count). The van der Waals surface area contributed by atoms with Gasteiger partial charge < -0.3 is 5.21 Å². The van der Waals surface area contributed by atoms with Gasteiger partial charge in [0, 0.05) is 0 Å². The molecule has 0 heterocycles. The van der Waals surface area contributed by atoms with Crippen molar-refractivity contribution >= 4 is 10.8 Å². The Morgan fingerprint density at radius 2 is 1.08 bits per heavy atom. The first-order valence-electron chi connectivity index (χ1n) is 3.79. The highest BCUT2D eigenvalue weighted by molar-refractivity contribution is 5.81. The maximum atomic E-state index is 8.11. The Balaban J connectivity index is 0.000000251. The van der Waals surface area contributed by atoms with E-state index >= 15 is 0 Å². The van der Waals surface area contributed by atoms with Gasteiger partial charge >= 0.3 is 0 Å². The molecule has 0 radical (unpaired) electrons. The van der Waals surface area contributed by atoms with Crippen LogP contribution in [0.1, 0.15) is 0 Å². The summed E-state index contributed by atoms with van der Waals surface area (Å²) in [7, 11) is 0. The minimum Gasteiger partial charge on any atom is -0.379 e. The maximum absolute atomic E-state index is 8.11. The molecule has 2 aromatic rings. The largest absolute Gasteiger partial charge is 0.379 e. The first kappa shape index (κ1) is 9.19. The lowest BCUT2D eigenvalue weighted by Crippen LogP contribution is -1.67. The molecule has 0 spiro atoms. The van der Waals surface area contributed by atoms with Crippen molar-refractivity contribution in [2.75, 3.05) is 0 Å². The fraction of sp³-hybridized carbons (Fsp3) is 0. The van der Waals surface area contributed by atoms with E-state index in [1.54, 1.807) is 0 Å². The van der Waals surface area contributed by atoms with Crippen LogP contribution in [-0.2, 0) is 0 Å². The summed E-state index contributed by atoms with van der Waals surface area (Å²) in [5.74, 6) is 0. The fourth-order valence-electron chi connectivity index (χ4n) is 1.13. The molecular formula is C10H9NO2. The van der Waals surface area contributed by atoms with E-state index in [0.29, 0.717) is 0 Å². The Bertz CT molecular complexity index is 322. The van der Waals surface area contributed by atoms with E-state index < -0.39 is 0 Å². The first-order valence-corrected chi connectivity index (χ1v) is 3.79. The first-order chi connectivity index (χ1) is 6.38. The number of nitrogens with zero attached hydrogens (tertiary/aromatic N) is 1. The number of fused-ring (bicyclic) bond motifs is 1. The second kappa shape index (κ2) is 4.87. The van der Waals surface area contributed by atoms with E-state index in [0.717, 1.165) is 0 Å². The van der Waals surface area contributed by atoms with Crippen LogP contribution >= 0.6 is 0 Å². The molecule has 0 aliphatic carbocycles. The highest BCUT2D eigenvalue weighted by Gasteiger charge is 1.85. The quantitative estimate of drug-likeness (QED) is 0.494. The fourth-order valence-corrected chi connectivity index (χ4v) is 1.13. The average Bonchev–Trinajstić information content (AvgIpc) is 2.19. The second-order valence-electron chi connectivity index (χ2n) is 2.43. The normalized spacial score (nSPS) is 8.62. The van der Waals surface area contributed by atoms with Crippen molar-refractivity contribution in [3.63, 3.8) is 0 Å². The second-order valence-corrected chi connectivity index (χ2v) is 2.43. The molecule has 0 bridgehead atoms. The van der Waals surface area contributed by atoms with Crippen LogP contribution in [0.25, 0.3) is 10.8 Å². The van der Waals surface area contributed by atoms with Crippen LogP contribution in [0, 0.1) is 4.91 Å². The average molecular weight is 175 g/mol. The lowest BCUT2D eigenvalue weighted by Gasteiger charge is -1.92. The molecule has 0 aliphatic rings. The SMILES string of the molecule is O=NO.c1ccc2ccccc2c1. The Hall–Kier alpha value is -1.90. The van der Waals surface area contributed by atoms with Gasteiger partial charge in [0.15, 0.2) is 5.34 Å². The van der Waals surface area contributed by atoms with Gasteiger partial charge in [-0.1, -0.05) is 48.5 Å². The lowest BCUT2D eigenvalue weighted by molar-refractivity contribution is 0.312. The monoisotopic (exact) mass is 175 g/mol. The molecule has 0 aliphatic heterocycles. The minimum absolute atomic E-state index is 1.25. The molecule has 1 N–H and O–H groups in total. The summed E-state index contributed by atoms with van der Waals surface area (Å²) in [5.41, 5.74) is 0. The van der Waals surface area contributed by atoms with Crippen LogP contribution in [0.2, 0.25) is 0 Å². The molecular weight excluding hydrogens is 166 g/mol. The van der Waals surface area contributed by atoms with Gasteiger partial charge in [0.25, 0.3) is 0 Å². The number of rotatable bonds is 0. The van der Waals surface area contributed by atoms with Gasteiger partial charge in [0.1, 0.15) is 0 Å². The van der Waals surface area contributed by atoms with Gasteiger partial charge in [-0.2, -0.15) is 0 Å². The molecule has 0 saturated carbocycles. The molecule has 0 saturated heterocycles. The Labute approximate surface area is 75.6 Å². The Kier molecular flexibility index (Phi) is 3.45. The summed E-state index contributed by atoms with van der Waals surface area (Å²) in [6.45, 7) is 0. The summed E-state index contributed by atoms with van der Waals surface area (Å²) in [6.07, 6.45) is 0.